The first-order valence-electron chi connectivity index (χ1n) is 7.79. The molecule has 1 aliphatic carbocycles. The van der Waals surface area contributed by atoms with Crippen LogP contribution in [-0.4, -0.2) is 18.0 Å². The molecular weight excluding hydrogens is 248 g/mol. The third-order valence-corrected chi connectivity index (χ3v) is 4.45. The molecule has 0 bridgehead atoms. The quantitative estimate of drug-likeness (QED) is 0.871. The molecule has 0 heterocycles. The van der Waals surface area contributed by atoms with Crippen LogP contribution in [0.1, 0.15) is 45.1 Å². The average molecular weight is 275 g/mol. The third kappa shape index (κ3) is 4.07. The van der Waals surface area contributed by atoms with E-state index in [4.69, 9.17) is 0 Å². The molecule has 1 aromatic carbocycles. The van der Waals surface area contributed by atoms with Gasteiger partial charge in [-0.3, -0.25) is 4.79 Å². The maximum atomic E-state index is 12.2. The van der Waals surface area contributed by atoms with Gasteiger partial charge in [-0.15, -0.1) is 0 Å². The lowest BCUT2D eigenvalue weighted by Gasteiger charge is -2.28. The summed E-state index contributed by atoms with van der Waals surface area (Å²) >= 11 is 0. The molecule has 0 aromatic heterocycles. The van der Waals surface area contributed by atoms with Gasteiger partial charge >= 0.3 is 0 Å². The predicted octanol–water partition coefficient (Wildman–Crippen LogP) is 2.46. The van der Waals surface area contributed by atoms with Crippen molar-refractivity contribution in [3.63, 3.8) is 0 Å². The van der Waals surface area contributed by atoms with E-state index in [1.807, 2.05) is 38.1 Å². The zero-order chi connectivity index (χ0) is 14.5. The fraction of sp³-hybridized carbons (Fsp3) is 0.588. The number of hydrogen-bond donors (Lipinski definition) is 2. The molecule has 1 aromatic rings. The van der Waals surface area contributed by atoms with E-state index in [-0.39, 0.29) is 11.9 Å². The van der Waals surface area contributed by atoms with Gasteiger partial charge in [0, 0.05) is 11.6 Å². The molecule has 1 saturated carbocycles. The summed E-state index contributed by atoms with van der Waals surface area (Å²) in [7, 11) is 0. The van der Waals surface area contributed by atoms with Gasteiger partial charge in [0.15, 0.2) is 6.04 Å². The van der Waals surface area contributed by atoms with Crippen molar-refractivity contribution in [1.82, 2.24) is 0 Å². The molecule has 1 fully saturated rings. The first-order valence-corrected chi connectivity index (χ1v) is 7.79. The smallest absolute Gasteiger partial charge is 0.282 e. The van der Waals surface area contributed by atoms with Gasteiger partial charge in [-0.2, -0.15) is 0 Å². The first-order chi connectivity index (χ1) is 9.56. The Morgan fingerprint density at radius 3 is 2.55 bits per heavy atom. The molecule has 1 amide bonds. The Morgan fingerprint density at radius 1 is 1.25 bits per heavy atom. The largest absolute Gasteiger partial charge is 0.334 e. The van der Waals surface area contributed by atoms with E-state index < -0.39 is 0 Å². The van der Waals surface area contributed by atoms with Crippen molar-refractivity contribution in [2.45, 2.75) is 58.5 Å². The maximum Gasteiger partial charge on any atom is 0.282 e. The highest BCUT2D eigenvalue weighted by atomic mass is 16.2. The minimum atomic E-state index is -0.0261. The number of hydrogen-bond acceptors (Lipinski definition) is 1. The van der Waals surface area contributed by atoms with Crippen molar-refractivity contribution in [3.8, 4) is 0 Å². The summed E-state index contributed by atoms with van der Waals surface area (Å²) in [6, 6.07) is 8.54. The van der Waals surface area contributed by atoms with Crippen LogP contribution in [0.2, 0.25) is 0 Å². The minimum Gasteiger partial charge on any atom is -0.334 e. The van der Waals surface area contributed by atoms with E-state index >= 15 is 0 Å². The van der Waals surface area contributed by atoms with Crippen molar-refractivity contribution in [3.05, 3.63) is 29.8 Å². The van der Waals surface area contributed by atoms with Crippen molar-refractivity contribution < 1.29 is 10.1 Å². The number of carbonyl (C=O) groups excluding carboxylic acids is 1. The third-order valence-electron chi connectivity index (χ3n) is 4.45. The number of amides is 1. The number of nitrogens with one attached hydrogen (secondary N) is 1. The zero-order valence-electron chi connectivity index (χ0n) is 12.9. The van der Waals surface area contributed by atoms with Crippen LogP contribution in [0.3, 0.4) is 0 Å². The van der Waals surface area contributed by atoms with E-state index in [0.29, 0.717) is 6.04 Å². The van der Waals surface area contributed by atoms with Gasteiger partial charge in [-0.1, -0.05) is 31.0 Å². The number of benzene rings is 1. The highest BCUT2D eigenvalue weighted by Crippen LogP contribution is 2.21. The lowest BCUT2D eigenvalue weighted by atomic mass is 9.85. The number of quaternary nitrogens is 1. The Morgan fingerprint density at radius 2 is 1.90 bits per heavy atom. The molecule has 2 rings (SSSR count). The summed E-state index contributed by atoms with van der Waals surface area (Å²) in [5.74, 6) is 0.824. The monoisotopic (exact) mass is 275 g/mol. The number of carbonyl (C=O) groups is 1. The molecule has 0 radical (unpaired) electrons. The van der Waals surface area contributed by atoms with E-state index in [0.717, 1.165) is 11.6 Å². The highest BCUT2D eigenvalue weighted by Gasteiger charge is 2.28. The second-order valence-corrected chi connectivity index (χ2v) is 6.26. The average Bonchev–Trinajstić information content (AvgIpc) is 2.44. The number of nitrogens with two attached hydrogens (primary N) is 1. The molecule has 3 atom stereocenters. The number of aryl methyl sites for hydroxylation is 1. The number of anilines is 1. The zero-order valence-corrected chi connectivity index (χ0v) is 12.9. The van der Waals surface area contributed by atoms with Crippen LogP contribution in [0.5, 0.6) is 0 Å². The Balaban J connectivity index is 1.86. The molecule has 0 saturated heterocycles. The molecule has 3 heteroatoms. The molecule has 3 N–H and O–H groups in total. The Bertz CT molecular complexity index is 441. The lowest BCUT2D eigenvalue weighted by molar-refractivity contribution is -0.714. The summed E-state index contributed by atoms with van der Waals surface area (Å²) < 4.78 is 0. The maximum absolute atomic E-state index is 12.2. The predicted molar refractivity (Wildman–Crippen MR) is 82.6 cm³/mol. The van der Waals surface area contributed by atoms with Crippen LogP contribution >= 0.6 is 0 Å². The van der Waals surface area contributed by atoms with E-state index in [9.17, 15) is 4.79 Å². The van der Waals surface area contributed by atoms with Gasteiger partial charge in [0.05, 0.1) is 6.04 Å². The topological polar surface area (TPSA) is 45.7 Å². The lowest BCUT2D eigenvalue weighted by Crippen LogP contribution is -2.97. The van der Waals surface area contributed by atoms with Gasteiger partial charge in [0.2, 0.25) is 0 Å². The number of rotatable bonds is 4. The first kappa shape index (κ1) is 15.0. The Hall–Kier alpha value is -1.35. The molecule has 110 valence electrons. The molecule has 0 aliphatic heterocycles. The molecule has 3 nitrogen and oxygen atoms in total. The Kier molecular flexibility index (Phi) is 5.18. The van der Waals surface area contributed by atoms with Crippen LogP contribution in [0.25, 0.3) is 0 Å². The summed E-state index contributed by atoms with van der Waals surface area (Å²) in [6.45, 7) is 6.36. The Labute approximate surface area is 122 Å². The van der Waals surface area contributed by atoms with Crippen LogP contribution in [-0.2, 0) is 4.79 Å². The summed E-state index contributed by atoms with van der Waals surface area (Å²) in [5.41, 5.74) is 2.09. The van der Waals surface area contributed by atoms with Gasteiger partial charge in [-0.25, -0.2) is 0 Å². The van der Waals surface area contributed by atoms with E-state index in [1.54, 1.807) is 0 Å². The van der Waals surface area contributed by atoms with Gasteiger partial charge in [-0.05, 0) is 45.2 Å². The molecule has 20 heavy (non-hydrogen) atoms. The SMILES string of the molecule is Cc1ccc(NC(=O)[C@H](C)[NH2+][C@@H]2CCCC[C@@H]2C)cc1. The van der Waals surface area contributed by atoms with Crippen molar-refractivity contribution in [2.75, 3.05) is 5.32 Å². The van der Waals surface area contributed by atoms with Crippen LogP contribution in [0.4, 0.5) is 5.69 Å². The molecule has 0 spiro atoms. The van der Waals surface area contributed by atoms with E-state index in [2.05, 4.69) is 17.6 Å². The van der Waals surface area contributed by atoms with Crippen molar-refractivity contribution >= 4 is 11.6 Å². The minimum absolute atomic E-state index is 0.0261. The second kappa shape index (κ2) is 6.89. The van der Waals surface area contributed by atoms with Crippen LogP contribution in [0, 0.1) is 12.8 Å². The normalized spacial score (nSPS) is 24.1. The summed E-state index contributed by atoms with van der Waals surface area (Å²) in [6.07, 6.45) is 5.18. The van der Waals surface area contributed by atoms with Gasteiger partial charge in [0.1, 0.15) is 0 Å². The van der Waals surface area contributed by atoms with Crippen LogP contribution in [0.15, 0.2) is 24.3 Å². The molecule has 1 aliphatic rings. The van der Waals surface area contributed by atoms with Crippen LogP contribution < -0.4 is 10.6 Å². The fourth-order valence-corrected chi connectivity index (χ4v) is 2.98. The van der Waals surface area contributed by atoms with Crippen molar-refractivity contribution in [2.24, 2.45) is 5.92 Å². The van der Waals surface area contributed by atoms with Crippen molar-refractivity contribution in [1.29, 1.82) is 0 Å². The van der Waals surface area contributed by atoms with E-state index in [1.165, 1.54) is 31.2 Å². The fourth-order valence-electron chi connectivity index (χ4n) is 2.98. The standard InChI is InChI=1S/C17H26N2O/c1-12-8-10-15(11-9-12)19-17(20)14(3)18-16-7-5-4-6-13(16)2/h8-11,13-14,16,18H,4-7H2,1-3H3,(H,19,20)/p+1/t13-,14-,16+/m0/s1. The molecular formula is C17H27N2O+. The second-order valence-electron chi connectivity index (χ2n) is 6.26. The summed E-state index contributed by atoms with van der Waals surface area (Å²) in [4.78, 5) is 12.2. The van der Waals surface area contributed by atoms with Gasteiger partial charge < -0.3 is 10.6 Å². The summed E-state index contributed by atoms with van der Waals surface area (Å²) in [5, 5.41) is 5.26. The van der Waals surface area contributed by atoms with Gasteiger partial charge in [0.25, 0.3) is 5.91 Å². The highest BCUT2D eigenvalue weighted by molar-refractivity contribution is 5.93. The molecule has 0 unspecified atom stereocenters.